The van der Waals surface area contributed by atoms with Crippen molar-refractivity contribution in [3.63, 3.8) is 0 Å². The van der Waals surface area contributed by atoms with E-state index in [4.69, 9.17) is 5.73 Å². The van der Waals surface area contributed by atoms with Crippen LogP contribution in [0.5, 0.6) is 0 Å². The second kappa shape index (κ2) is 5.51. The maximum absolute atomic E-state index is 13.3. The molecule has 0 fully saturated rings. The summed E-state index contributed by atoms with van der Waals surface area (Å²) in [7, 11) is -3.84. The Bertz CT molecular complexity index is 745. The molecule has 2 aromatic rings. The van der Waals surface area contributed by atoms with Gasteiger partial charge < -0.3 is 5.73 Å². The molecule has 108 valence electrons. The van der Waals surface area contributed by atoms with E-state index < -0.39 is 15.8 Å². The van der Waals surface area contributed by atoms with Crippen molar-refractivity contribution in [2.24, 2.45) is 0 Å². The highest BCUT2D eigenvalue weighted by Gasteiger charge is 2.20. The van der Waals surface area contributed by atoms with Gasteiger partial charge in [0.25, 0.3) is 0 Å². The molecule has 2 rings (SSSR count). The molecule has 9 heteroatoms. The van der Waals surface area contributed by atoms with Crippen molar-refractivity contribution < 1.29 is 12.8 Å². The fourth-order valence-corrected chi connectivity index (χ4v) is 3.22. The summed E-state index contributed by atoms with van der Waals surface area (Å²) in [5.41, 5.74) is 6.89. The number of hydrogen-bond acceptors (Lipinski definition) is 4. The van der Waals surface area contributed by atoms with E-state index in [1.165, 1.54) is 6.20 Å². The summed E-state index contributed by atoms with van der Waals surface area (Å²) in [6, 6.07) is 2.09. The molecule has 20 heavy (non-hydrogen) atoms. The fourth-order valence-electron chi connectivity index (χ4n) is 1.58. The first-order valence-corrected chi connectivity index (χ1v) is 7.82. The van der Waals surface area contributed by atoms with Crippen LogP contribution in [0.15, 0.2) is 27.7 Å². The number of nitrogens with one attached hydrogen (secondary N) is 2. The van der Waals surface area contributed by atoms with E-state index in [9.17, 15) is 12.8 Å². The lowest BCUT2D eigenvalue weighted by Crippen LogP contribution is -2.24. The van der Waals surface area contributed by atoms with Gasteiger partial charge in [0.05, 0.1) is 16.4 Å². The average molecular weight is 363 g/mol. The van der Waals surface area contributed by atoms with Crippen LogP contribution in [0.1, 0.15) is 11.3 Å². The predicted molar refractivity (Wildman–Crippen MR) is 75.9 cm³/mol. The molecule has 1 aromatic heterocycles. The van der Waals surface area contributed by atoms with Crippen LogP contribution in [-0.4, -0.2) is 18.6 Å². The standard InChI is InChI=1S/C11H12BrFN4O2S/c1-6-7(4-15-17-6)5-16-20(18,19)11-2-8(12)9(13)3-10(11)14/h2-4,16H,5,14H2,1H3,(H,15,17). The van der Waals surface area contributed by atoms with Crippen molar-refractivity contribution in [1.82, 2.24) is 14.9 Å². The lowest BCUT2D eigenvalue weighted by Gasteiger charge is -2.09. The highest BCUT2D eigenvalue weighted by Crippen LogP contribution is 2.26. The van der Waals surface area contributed by atoms with E-state index in [1.54, 1.807) is 6.92 Å². The number of hydrogen-bond donors (Lipinski definition) is 3. The summed E-state index contributed by atoms with van der Waals surface area (Å²) in [6.45, 7) is 1.85. The molecule has 6 nitrogen and oxygen atoms in total. The highest BCUT2D eigenvalue weighted by molar-refractivity contribution is 9.10. The van der Waals surface area contributed by atoms with Gasteiger partial charge in [0.2, 0.25) is 10.0 Å². The molecule has 1 heterocycles. The fraction of sp³-hybridized carbons (Fsp3) is 0.182. The van der Waals surface area contributed by atoms with Crippen LogP contribution in [0.3, 0.4) is 0 Å². The zero-order valence-corrected chi connectivity index (χ0v) is 12.8. The quantitative estimate of drug-likeness (QED) is 0.720. The molecule has 0 aliphatic rings. The summed E-state index contributed by atoms with van der Waals surface area (Å²) < 4.78 is 40.0. The number of halogens is 2. The minimum Gasteiger partial charge on any atom is -0.398 e. The van der Waals surface area contributed by atoms with Crippen LogP contribution in [0, 0.1) is 12.7 Å². The Hall–Kier alpha value is -1.45. The molecular weight excluding hydrogens is 351 g/mol. The van der Waals surface area contributed by atoms with Gasteiger partial charge >= 0.3 is 0 Å². The predicted octanol–water partition coefficient (Wildman–Crippen LogP) is 1.68. The van der Waals surface area contributed by atoms with E-state index >= 15 is 0 Å². The van der Waals surface area contributed by atoms with Crippen molar-refractivity contribution in [2.75, 3.05) is 5.73 Å². The number of nitrogens with zero attached hydrogens (tertiary/aromatic N) is 1. The number of H-pyrrole nitrogens is 1. The van der Waals surface area contributed by atoms with E-state index in [1.807, 2.05) is 0 Å². The second-order valence-corrected chi connectivity index (χ2v) is 6.74. The molecule has 0 aliphatic carbocycles. The van der Waals surface area contributed by atoms with Crippen LogP contribution in [0.25, 0.3) is 0 Å². The molecule has 0 amide bonds. The van der Waals surface area contributed by atoms with Gasteiger partial charge in [-0.2, -0.15) is 5.10 Å². The van der Waals surface area contributed by atoms with E-state index in [2.05, 4.69) is 30.8 Å². The van der Waals surface area contributed by atoms with E-state index in [-0.39, 0.29) is 21.6 Å². The number of sulfonamides is 1. The molecule has 0 spiro atoms. The molecule has 0 bridgehead atoms. The summed E-state index contributed by atoms with van der Waals surface area (Å²) in [5, 5.41) is 6.50. The Morgan fingerprint density at radius 2 is 2.20 bits per heavy atom. The number of benzene rings is 1. The van der Waals surface area contributed by atoms with Gasteiger partial charge in [-0.1, -0.05) is 0 Å². The third-order valence-electron chi connectivity index (χ3n) is 2.73. The Labute approximate surface area is 123 Å². The van der Waals surface area contributed by atoms with Gasteiger partial charge in [0.15, 0.2) is 0 Å². The van der Waals surface area contributed by atoms with Crippen molar-refractivity contribution >= 4 is 31.6 Å². The van der Waals surface area contributed by atoms with Crippen molar-refractivity contribution in [3.05, 3.63) is 39.9 Å². The molecular formula is C11H12BrFN4O2S. The third-order valence-corrected chi connectivity index (χ3v) is 4.79. The smallest absolute Gasteiger partial charge is 0.242 e. The minimum absolute atomic E-state index is 0.0339. The van der Waals surface area contributed by atoms with Crippen LogP contribution in [0.4, 0.5) is 10.1 Å². The summed E-state index contributed by atoms with van der Waals surface area (Å²) in [4.78, 5) is -0.174. The van der Waals surface area contributed by atoms with Gasteiger partial charge in [-0.05, 0) is 35.0 Å². The number of aromatic amines is 1. The Kier molecular flexibility index (Phi) is 4.11. The third kappa shape index (κ3) is 3.00. The van der Waals surface area contributed by atoms with Gasteiger partial charge in [-0.3, -0.25) is 5.10 Å². The van der Waals surface area contributed by atoms with Gasteiger partial charge in [0.1, 0.15) is 10.7 Å². The number of nitrogens with two attached hydrogens (primary N) is 1. The number of aromatic nitrogens is 2. The van der Waals surface area contributed by atoms with Crippen LogP contribution < -0.4 is 10.5 Å². The van der Waals surface area contributed by atoms with Crippen molar-refractivity contribution in [2.45, 2.75) is 18.4 Å². The Morgan fingerprint density at radius 1 is 1.50 bits per heavy atom. The molecule has 0 unspecified atom stereocenters. The number of nitrogen functional groups attached to an aromatic ring is 1. The molecule has 0 radical (unpaired) electrons. The van der Waals surface area contributed by atoms with Gasteiger partial charge in [-0.25, -0.2) is 17.5 Å². The van der Waals surface area contributed by atoms with E-state index in [0.29, 0.717) is 5.56 Å². The molecule has 0 saturated carbocycles. The Morgan fingerprint density at radius 3 is 2.80 bits per heavy atom. The van der Waals surface area contributed by atoms with Crippen LogP contribution in [-0.2, 0) is 16.6 Å². The van der Waals surface area contributed by atoms with E-state index in [0.717, 1.165) is 17.8 Å². The second-order valence-electron chi connectivity index (χ2n) is 4.15. The van der Waals surface area contributed by atoms with Crippen LogP contribution in [0.2, 0.25) is 0 Å². The first kappa shape index (κ1) is 14.9. The average Bonchev–Trinajstić information content (AvgIpc) is 2.77. The molecule has 0 aliphatic heterocycles. The molecule has 0 atom stereocenters. The minimum atomic E-state index is -3.84. The Balaban J connectivity index is 2.27. The molecule has 4 N–H and O–H groups in total. The molecule has 0 saturated heterocycles. The van der Waals surface area contributed by atoms with Crippen LogP contribution >= 0.6 is 15.9 Å². The topological polar surface area (TPSA) is 101 Å². The largest absolute Gasteiger partial charge is 0.398 e. The number of aryl methyl sites for hydroxylation is 1. The lowest BCUT2D eigenvalue weighted by molar-refractivity contribution is 0.580. The van der Waals surface area contributed by atoms with Gasteiger partial charge in [-0.15, -0.1) is 0 Å². The zero-order valence-electron chi connectivity index (χ0n) is 10.4. The van der Waals surface area contributed by atoms with Crippen molar-refractivity contribution in [1.29, 1.82) is 0 Å². The first-order chi connectivity index (χ1) is 9.31. The normalized spacial score (nSPS) is 11.8. The number of rotatable bonds is 4. The monoisotopic (exact) mass is 362 g/mol. The van der Waals surface area contributed by atoms with Crippen molar-refractivity contribution in [3.8, 4) is 0 Å². The first-order valence-electron chi connectivity index (χ1n) is 5.54. The zero-order chi connectivity index (χ0) is 14.9. The maximum Gasteiger partial charge on any atom is 0.242 e. The summed E-state index contributed by atoms with van der Waals surface area (Å²) in [5.74, 6) is -0.618. The highest BCUT2D eigenvalue weighted by atomic mass is 79.9. The SMILES string of the molecule is Cc1[nH]ncc1CNS(=O)(=O)c1cc(Br)c(F)cc1N. The summed E-state index contributed by atoms with van der Waals surface area (Å²) >= 11 is 2.94. The number of anilines is 1. The molecule has 1 aromatic carbocycles. The lowest BCUT2D eigenvalue weighted by atomic mass is 10.3. The van der Waals surface area contributed by atoms with Gasteiger partial charge in [0, 0.05) is 17.8 Å². The maximum atomic E-state index is 13.3. The summed E-state index contributed by atoms with van der Waals surface area (Å²) in [6.07, 6.45) is 1.53.